The minimum Gasteiger partial charge on any atom is -0.351 e. The molecule has 0 unspecified atom stereocenters. The molecule has 35 heavy (non-hydrogen) atoms. The van der Waals surface area contributed by atoms with Crippen LogP contribution in [0, 0.1) is 5.82 Å². The molecule has 1 amide bonds. The Bertz CT molecular complexity index is 1270. The smallest absolute Gasteiger partial charge is 0.251 e. The lowest BCUT2D eigenvalue weighted by atomic mass is 10.1. The lowest BCUT2D eigenvalue weighted by molar-refractivity contribution is 0.0956. The standard InChI is InChI=1S/C24H22Cl3FN2O3S2/c1-35(32,33)30(14-18-20(25)4-2-5-21(18)26)17-10-8-16(9-11-17)24(31)29-12-13-34-15-19-22(27)6-3-7-23(19)28/h2-11H,12-15H2,1H3,(H,29,31). The second-order valence-electron chi connectivity index (χ2n) is 7.53. The zero-order valence-electron chi connectivity index (χ0n) is 18.6. The summed E-state index contributed by atoms with van der Waals surface area (Å²) in [6.07, 6.45) is 1.09. The van der Waals surface area contributed by atoms with E-state index in [1.807, 2.05) is 0 Å². The SMILES string of the molecule is CS(=O)(=O)N(Cc1c(Cl)cccc1Cl)c1ccc(C(=O)NCCSCc2c(F)cccc2Cl)cc1. The van der Waals surface area contributed by atoms with Gasteiger partial charge in [0, 0.05) is 49.8 Å². The summed E-state index contributed by atoms with van der Waals surface area (Å²) in [4.78, 5) is 12.5. The van der Waals surface area contributed by atoms with Crippen molar-refractivity contribution < 1.29 is 17.6 Å². The van der Waals surface area contributed by atoms with Gasteiger partial charge in [-0.05, 0) is 48.5 Å². The minimum absolute atomic E-state index is 0.0495. The van der Waals surface area contributed by atoms with Gasteiger partial charge < -0.3 is 5.32 Å². The number of sulfonamides is 1. The summed E-state index contributed by atoms with van der Waals surface area (Å²) < 4.78 is 39.9. The summed E-state index contributed by atoms with van der Waals surface area (Å²) in [6, 6.07) is 15.7. The van der Waals surface area contributed by atoms with Gasteiger partial charge in [-0.2, -0.15) is 11.8 Å². The molecule has 0 aliphatic carbocycles. The van der Waals surface area contributed by atoms with Crippen LogP contribution in [-0.2, 0) is 22.3 Å². The predicted octanol–water partition coefficient (Wildman–Crippen LogP) is 6.42. The van der Waals surface area contributed by atoms with Crippen LogP contribution in [0.1, 0.15) is 21.5 Å². The molecule has 3 aromatic rings. The Balaban J connectivity index is 1.59. The summed E-state index contributed by atoms with van der Waals surface area (Å²) in [7, 11) is -3.66. The quantitative estimate of drug-likeness (QED) is 0.284. The maximum atomic E-state index is 13.8. The highest BCUT2D eigenvalue weighted by Crippen LogP contribution is 2.29. The van der Waals surface area contributed by atoms with Gasteiger partial charge in [0.1, 0.15) is 5.82 Å². The van der Waals surface area contributed by atoms with Gasteiger partial charge in [0.25, 0.3) is 5.91 Å². The van der Waals surface area contributed by atoms with Crippen molar-refractivity contribution in [1.82, 2.24) is 5.32 Å². The van der Waals surface area contributed by atoms with Gasteiger partial charge in [0.05, 0.1) is 18.5 Å². The van der Waals surface area contributed by atoms with E-state index in [1.165, 1.54) is 22.1 Å². The number of thioether (sulfide) groups is 1. The maximum Gasteiger partial charge on any atom is 0.251 e. The van der Waals surface area contributed by atoms with E-state index in [0.717, 1.165) is 6.26 Å². The highest BCUT2D eigenvalue weighted by Gasteiger charge is 2.21. The fourth-order valence-corrected chi connectivity index (χ4v) is 5.77. The third-order valence-electron chi connectivity index (χ3n) is 5.02. The number of rotatable bonds is 10. The van der Waals surface area contributed by atoms with E-state index < -0.39 is 10.0 Å². The molecule has 1 N–H and O–H groups in total. The van der Waals surface area contributed by atoms with Crippen LogP contribution >= 0.6 is 46.6 Å². The normalized spacial score (nSPS) is 11.3. The number of halogens is 4. The van der Waals surface area contributed by atoms with Gasteiger partial charge in [0.2, 0.25) is 10.0 Å². The van der Waals surface area contributed by atoms with Crippen LogP contribution in [0.2, 0.25) is 15.1 Å². The number of anilines is 1. The molecule has 0 aliphatic rings. The van der Waals surface area contributed by atoms with E-state index in [9.17, 15) is 17.6 Å². The number of nitrogens with zero attached hydrogens (tertiary/aromatic N) is 1. The Hall–Kier alpha value is -1.97. The first-order chi connectivity index (χ1) is 16.6. The van der Waals surface area contributed by atoms with Crippen molar-refractivity contribution in [3.63, 3.8) is 0 Å². The molecule has 5 nitrogen and oxygen atoms in total. The van der Waals surface area contributed by atoms with Crippen molar-refractivity contribution in [1.29, 1.82) is 0 Å². The van der Waals surface area contributed by atoms with Crippen molar-refractivity contribution in [3.8, 4) is 0 Å². The first-order valence-corrected chi connectivity index (χ1v) is 14.5. The average Bonchev–Trinajstić information content (AvgIpc) is 2.79. The number of amides is 1. The molecule has 0 fully saturated rings. The van der Waals surface area contributed by atoms with Gasteiger partial charge in [-0.25, -0.2) is 12.8 Å². The van der Waals surface area contributed by atoms with Crippen molar-refractivity contribution in [3.05, 3.63) is 98.2 Å². The molecule has 0 saturated carbocycles. The molecular formula is C24H22Cl3FN2O3S2. The van der Waals surface area contributed by atoms with Gasteiger partial charge in [-0.1, -0.05) is 46.9 Å². The highest BCUT2D eigenvalue weighted by molar-refractivity contribution is 7.98. The highest BCUT2D eigenvalue weighted by atomic mass is 35.5. The molecule has 0 radical (unpaired) electrons. The Morgan fingerprint density at radius 1 is 0.943 bits per heavy atom. The zero-order valence-corrected chi connectivity index (χ0v) is 22.5. The average molecular weight is 576 g/mol. The van der Waals surface area contributed by atoms with E-state index in [0.29, 0.717) is 55.5 Å². The molecule has 0 bridgehead atoms. The molecule has 0 atom stereocenters. The van der Waals surface area contributed by atoms with Crippen LogP contribution < -0.4 is 9.62 Å². The van der Waals surface area contributed by atoms with E-state index in [4.69, 9.17) is 34.8 Å². The molecule has 0 heterocycles. The van der Waals surface area contributed by atoms with Gasteiger partial charge >= 0.3 is 0 Å². The Kier molecular flexibility index (Phi) is 9.72. The topological polar surface area (TPSA) is 66.5 Å². The van der Waals surface area contributed by atoms with Crippen molar-refractivity contribution in [2.24, 2.45) is 0 Å². The van der Waals surface area contributed by atoms with Crippen LogP contribution in [0.3, 0.4) is 0 Å². The molecule has 11 heteroatoms. The number of carbonyl (C=O) groups excluding carboxylic acids is 1. The number of nitrogens with one attached hydrogen (secondary N) is 1. The molecule has 3 rings (SSSR count). The third kappa shape index (κ3) is 7.51. The number of hydrogen-bond acceptors (Lipinski definition) is 4. The molecular weight excluding hydrogens is 554 g/mol. The number of benzene rings is 3. The van der Waals surface area contributed by atoms with Crippen molar-refractivity contribution in [2.75, 3.05) is 22.9 Å². The lowest BCUT2D eigenvalue weighted by Gasteiger charge is -2.23. The van der Waals surface area contributed by atoms with Crippen molar-refractivity contribution in [2.45, 2.75) is 12.3 Å². The Labute approximate surface area is 223 Å². The molecule has 3 aromatic carbocycles. The lowest BCUT2D eigenvalue weighted by Crippen LogP contribution is -2.30. The van der Waals surface area contributed by atoms with Crippen LogP contribution in [0.25, 0.3) is 0 Å². The fraction of sp³-hybridized carbons (Fsp3) is 0.208. The summed E-state index contributed by atoms with van der Waals surface area (Å²) in [5, 5.41) is 3.89. The monoisotopic (exact) mass is 574 g/mol. The first kappa shape index (κ1) is 27.6. The van der Waals surface area contributed by atoms with Crippen LogP contribution in [0.15, 0.2) is 60.7 Å². The van der Waals surface area contributed by atoms with Crippen LogP contribution in [-0.4, -0.2) is 32.9 Å². The van der Waals surface area contributed by atoms with E-state index in [-0.39, 0.29) is 18.3 Å². The predicted molar refractivity (Wildman–Crippen MR) is 144 cm³/mol. The molecule has 186 valence electrons. The molecule has 0 aromatic heterocycles. The van der Waals surface area contributed by atoms with Crippen LogP contribution in [0.4, 0.5) is 10.1 Å². The Morgan fingerprint density at radius 2 is 1.51 bits per heavy atom. The molecule has 0 spiro atoms. The minimum atomic E-state index is -3.66. The molecule has 0 aliphatic heterocycles. The third-order valence-corrected chi connectivity index (χ3v) is 8.21. The van der Waals surface area contributed by atoms with E-state index in [1.54, 1.807) is 54.6 Å². The van der Waals surface area contributed by atoms with Crippen molar-refractivity contribution >= 4 is 68.2 Å². The largest absolute Gasteiger partial charge is 0.351 e. The van der Waals surface area contributed by atoms with Gasteiger partial charge in [-0.15, -0.1) is 0 Å². The molecule has 0 saturated heterocycles. The van der Waals surface area contributed by atoms with Gasteiger partial charge in [-0.3, -0.25) is 9.10 Å². The second-order valence-corrected chi connectivity index (χ2v) is 11.8. The number of hydrogen-bond donors (Lipinski definition) is 1. The summed E-state index contributed by atoms with van der Waals surface area (Å²) in [5.41, 5.74) is 1.67. The van der Waals surface area contributed by atoms with E-state index >= 15 is 0 Å². The second kappa shape index (κ2) is 12.3. The Morgan fingerprint density at radius 3 is 2.09 bits per heavy atom. The van der Waals surface area contributed by atoms with E-state index in [2.05, 4.69) is 5.32 Å². The summed E-state index contributed by atoms with van der Waals surface area (Å²) in [6.45, 7) is 0.323. The summed E-state index contributed by atoms with van der Waals surface area (Å²) >= 11 is 19.9. The zero-order chi connectivity index (χ0) is 25.6. The number of carbonyl (C=O) groups is 1. The first-order valence-electron chi connectivity index (χ1n) is 10.4. The maximum absolute atomic E-state index is 13.8. The summed E-state index contributed by atoms with van der Waals surface area (Å²) in [5.74, 6) is 0.303. The van der Waals surface area contributed by atoms with Crippen LogP contribution in [0.5, 0.6) is 0 Å². The fourth-order valence-electron chi connectivity index (χ4n) is 3.19. The van der Waals surface area contributed by atoms with Gasteiger partial charge in [0.15, 0.2) is 0 Å².